The van der Waals surface area contributed by atoms with Crippen molar-refractivity contribution in [3.63, 3.8) is 0 Å². The van der Waals surface area contributed by atoms with Gasteiger partial charge >= 0.3 is 17.9 Å². The van der Waals surface area contributed by atoms with Gasteiger partial charge in [-0.05, 0) is 85.4 Å². The van der Waals surface area contributed by atoms with Crippen molar-refractivity contribution in [3.8, 4) is 0 Å². The molecule has 69 heavy (non-hydrogen) atoms. The van der Waals surface area contributed by atoms with Gasteiger partial charge in [-0.1, -0.05) is 201 Å². The van der Waals surface area contributed by atoms with E-state index in [0.717, 1.165) is 95.9 Å². The summed E-state index contributed by atoms with van der Waals surface area (Å²) in [7, 11) is 3.90. The molecule has 0 amide bonds. The Morgan fingerprint density at radius 2 is 1.10 bits per heavy atom. The van der Waals surface area contributed by atoms with Crippen molar-refractivity contribution in [2.45, 2.75) is 297 Å². The number of carbonyl (C=O) groups is 3. The molecule has 0 spiro atoms. The van der Waals surface area contributed by atoms with E-state index in [-0.39, 0.29) is 61.2 Å². The van der Waals surface area contributed by atoms with Gasteiger partial charge in [0.2, 0.25) is 0 Å². The van der Waals surface area contributed by atoms with E-state index in [1.807, 2.05) is 32.8 Å². The summed E-state index contributed by atoms with van der Waals surface area (Å²) in [6.45, 7) is 18.2. The van der Waals surface area contributed by atoms with Gasteiger partial charge in [0.1, 0.15) is 12.1 Å². The van der Waals surface area contributed by atoms with E-state index in [1.165, 1.54) is 141 Å². The molecule has 0 aliphatic carbocycles. The average Bonchev–Trinajstić information content (AvgIpc) is 3.72. The third kappa shape index (κ3) is 38.6. The molecule has 0 N–H and O–H groups in total. The van der Waals surface area contributed by atoms with Crippen LogP contribution in [0.15, 0.2) is 0 Å². The fraction of sp³-hybridized carbons (Fsp3) is 0.932. The standard InChI is InChI=1S/C59H113N2O7.U/c1-9-13-17-19-23-31-41-53(42-32-24-20-18-14-10-2)65-47-35-27-21-22-28-36-48-66-57(63)55-50-54(68-56(62)43-46-60(7)8)51-61(55)45-34-26-25-33-44-59(5,6)58(64)67-49-37-40-52(38-29-15-11-3)39-30-16-12-4;/h47,52-55H,9-46,48-51H2,1-8H3;/q-1;/t54?,55-;/m0./s1. The number of hydrogen-bond donors (Lipinski definition) is 0. The Labute approximate surface area is 451 Å². The van der Waals surface area contributed by atoms with Crippen molar-refractivity contribution in [3.05, 3.63) is 6.61 Å². The van der Waals surface area contributed by atoms with E-state index >= 15 is 0 Å². The Morgan fingerprint density at radius 3 is 1.71 bits per heavy atom. The first-order valence-electron chi connectivity index (χ1n) is 29.4. The Morgan fingerprint density at radius 1 is 0.609 bits per heavy atom. The maximum absolute atomic E-state index is 13.5. The minimum atomic E-state index is -0.494. The molecule has 0 radical (unpaired) electrons. The number of nitrogens with zero attached hydrogens (tertiary/aromatic N) is 2. The maximum Gasteiger partial charge on any atom is 0.323 e. The van der Waals surface area contributed by atoms with Crippen LogP contribution in [0, 0.1) is 49.1 Å². The zero-order valence-corrected chi connectivity index (χ0v) is 51.0. The van der Waals surface area contributed by atoms with Crippen LogP contribution in [0.4, 0.5) is 0 Å². The molecule has 9 nitrogen and oxygen atoms in total. The molecule has 0 aromatic heterocycles. The van der Waals surface area contributed by atoms with E-state index in [2.05, 4.69) is 39.2 Å². The van der Waals surface area contributed by atoms with Crippen molar-refractivity contribution >= 4 is 17.9 Å². The molecule has 1 aliphatic heterocycles. The number of ether oxygens (including phenoxy) is 4. The molecular formula is C59H113N2O7U-. The molecule has 2 atom stereocenters. The largest absolute Gasteiger partial charge is 0.550 e. The molecule has 406 valence electrons. The molecule has 1 heterocycles. The van der Waals surface area contributed by atoms with Crippen LogP contribution < -0.4 is 0 Å². The number of unbranched alkanes of at least 4 members (excludes halogenated alkanes) is 22. The average molecular weight is 1200 g/mol. The summed E-state index contributed by atoms with van der Waals surface area (Å²) < 4.78 is 23.9. The van der Waals surface area contributed by atoms with Gasteiger partial charge in [0, 0.05) is 56.7 Å². The van der Waals surface area contributed by atoms with Crippen LogP contribution in [0.3, 0.4) is 0 Å². The first-order valence-corrected chi connectivity index (χ1v) is 29.4. The second kappa shape index (κ2) is 47.1. The van der Waals surface area contributed by atoms with Gasteiger partial charge < -0.3 is 23.8 Å². The minimum Gasteiger partial charge on any atom is -0.550 e. The van der Waals surface area contributed by atoms with Crippen molar-refractivity contribution in [2.75, 3.05) is 46.9 Å². The monoisotopic (exact) mass is 1200 g/mol. The predicted octanol–water partition coefficient (Wildman–Crippen LogP) is 15.9. The second-order valence-corrected chi connectivity index (χ2v) is 21.9. The predicted molar refractivity (Wildman–Crippen MR) is 286 cm³/mol. The van der Waals surface area contributed by atoms with E-state index in [1.54, 1.807) is 0 Å². The fourth-order valence-electron chi connectivity index (χ4n) is 9.79. The van der Waals surface area contributed by atoms with E-state index in [0.29, 0.717) is 45.2 Å². The number of hydrogen-bond acceptors (Lipinski definition) is 9. The van der Waals surface area contributed by atoms with Gasteiger partial charge in [0.25, 0.3) is 0 Å². The number of rotatable bonds is 49. The summed E-state index contributed by atoms with van der Waals surface area (Å²) in [5.74, 6) is 0.283. The third-order valence-corrected chi connectivity index (χ3v) is 14.4. The Bertz CT molecular complexity index is 1160. The Balaban J connectivity index is 0.0000462. The first kappa shape index (κ1) is 68.3. The molecule has 0 saturated carbocycles. The first-order chi connectivity index (χ1) is 33.0. The molecule has 0 aromatic rings. The quantitative estimate of drug-likeness (QED) is 0.0255. The molecule has 10 heteroatoms. The molecule has 0 aromatic carbocycles. The molecule has 0 bridgehead atoms. The topological polar surface area (TPSA) is 94.6 Å². The molecular weight excluding hydrogens is 1090 g/mol. The number of likely N-dealkylation sites (tertiary alicyclic amines) is 1. The van der Waals surface area contributed by atoms with Gasteiger partial charge in [-0.3, -0.25) is 19.3 Å². The molecule has 1 saturated heterocycles. The van der Waals surface area contributed by atoms with Crippen molar-refractivity contribution in [1.82, 2.24) is 9.80 Å². The van der Waals surface area contributed by atoms with Gasteiger partial charge in [-0.15, -0.1) is 0 Å². The molecule has 1 aliphatic rings. The van der Waals surface area contributed by atoms with Crippen molar-refractivity contribution < 1.29 is 64.4 Å². The van der Waals surface area contributed by atoms with Gasteiger partial charge in [-0.2, -0.15) is 6.42 Å². The minimum absolute atomic E-state index is 0. The summed E-state index contributed by atoms with van der Waals surface area (Å²) in [5, 5.41) is 0. The smallest absolute Gasteiger partial charge is 0.323 e. The Kier molecular flexibility index (Phi) is 46.6. The van der Waals surface area contributed by atoms with Gasteiger partial charge in [-0.25, -0.2) is 6.61 Å². The van der Waals surface area contributed by atoms with Crippen LogP contribution in [0.25, 0.3) is 0 Å². The van der Waals surface area contributed by atoms with Crippen LogP contribution >= 0.6 is 0 Å². The fourth-order valence-corrected chi connectivity index (χ4v) is 9.79. The zero-order valence-electron chi connectivity index (χ0n) is 46.8. The van der Waals surface area contributed by atoms with Crippen LogP contribution in [0.1, 0.15) is 279 Å². The Hall–Kier alpha value is -0.658. The zero-order chi connectivity index (χ0) is 49.9. The van der Waals surface area contributed by atoms with E-state index < -0.39 is 5.41 Å². The third-order valence-electron chi connectivity index (χ3n) is 14.4. The van der Waals surface area contributed by atoms with Gasteiger partial charge in [0.05, 0.1) is 25.0 Å². The molecule has 1 unspecified atom stereocenters. The second-order valence-electron chi connectivity index (χ2n) is 21.9. The summed E-state index contributed by atoms with van der Waals surface area (Å²) >= 11 is 0. The van der Waals surface area contributed by atoms with Crippen LogP contribution in [0.2, 0.25) is 0 Å². The molecule has 1 rings (SSSR count). The van der Waals surface area contributed by atoms with E-state index in [4.69, 9.17) is 18.9 Å². The van der Waals surface area contributed by atoms with Crippen molar-refractivity contribution in [2.24, 2.45) is 11.3 Å². The SMILES string of the molecule is CCCCCCCCC(CCCCCCCC)O[CH-]CCCCCCCOC(=O)[C@@H]1CC(OC(=O)CCN(C)C)CN1CCCCCCC(C)(C)C(=O)OCCCC(CCCCC)CCCCC.[U]. The van der Waals surface area contributed by atoms with E-state index in [9.17, 15) is 14.4 Å². The van der Waals surface area contributed by atoms with Crippen LogP contribution in [0.5, 0.6) is 0 Å². The normalized spacial score (nSPS) is 15.3. The number of carbonyl (C=O) groups excluding carboxylic acids is 3. The summed E-state index contributed by atoms with van der Waals surface area (Å²) in [6, 6.07) is -0.389. The van der Waals surface area contributed by atoms with Crippen LogP contribution in [-0.2, 0) is 33.3 Å². The van der Waals surface area contributed by atoms with Crippen LogP contribution in [-0.4, -0.2) is 92.9 Å². The maximum atomic E-state index is 13.5. The molecule has 1 fully saturated rings. The summed E-state index contributed by atoms with van der Waals surface area (Å²) in [4.78, 5) is 43.4. The summed E-state index contributed by atoms with van der Waals surface area (Å²) in [6.07, 6.45) is 42.8. The number of esters is 3. The van der Waals surface area contributed by atoms with Gasteiger partial charge in [0.15, 0.2) is 0 Å². The summed E-state index contributed by atoms with van der Waals surface area (Å²) in [5.41, 5.74) is -0.494. The van der Waals surface area contributed by atoms with Crippen molar-refractivity contribution in [1.29, 1.82) is 0 Å².